The van der Waals surface area contributed by atoms with E-state index in [1.807, 2.05) is 23.7 Å². The Morgan fingerprint density at radius 3 is 2.59 bits per heavy atom. The molecule has 8 heteroatoms. The predicted molar refractivity (Wildman–Crippen MR) is 120 cm³/mol. The summed E-state index contributed by atoms with van der Waals surface area (Å²) in [6.45, 7) is -0.307. The fourth-order valence-electron chi connectivity index (χ4n) is 3.50. The van der Waals surface area contributed by atoms with Crippen LogP contribution in [0.25, 0.3) is 22.4 Å². The maximum atomic E-state index is 14.9. The van der Waals surface area contributed by atoms with Crippen molar-refractivity contribution in [3.8, 4) is 22.4 Å². The number of nitrogens with one attached hydrogen (secondary N) is 1. The number of rotatable bonds is 6. The van der Waals surface area contributed by atoms with E-state index in [1.54, 1.807) is 49.1 Å². The number of imidazole rings is 1. The Morgan fingerprint density at radius 1 is 1.16 bits per heavy atom. The summed E-state index contributed by atoms with van der Waals surface area (Å²) in [6, 6.07) is 14.5. The molecule has 0 spiro atoms. The highest BCUT2D eigenvalue weighted by molar-refractivity contribution is 5.95. The lowest BCUT2D eigenvalue weighted by Gasteiger charge is -2.17. The Bertz CT molecular complexity index is 1260. The molecule has 4 rings (SSSR count). The van der Waals surface area contributed by atoms with Crippen LogP contribution in [-0.2, 0) is 7.05 Å². The molecular weight excluding hydrogens is 409 g/mol. The molecule has 2 aromatic carbocycles. The third kappa shape index (κ3) is 4.21. The second-order valence-corrected chi connectivity index (χ2v) is 7.36. The molecule has 0 saturated heterocycles. The molecule has 0 aliphatic carbocycles. The molecule has 0 aliphatic rings. The molecule has 2 heterocycles. The minimum absolute atomic E-state index is 0.127. The van der Waals surface area contributed by atoms with Gasteiger partial charge in [-0.2, -0.15) is 0 Å². The Hall–Kier alpha value is -4.04. The second kappa shape index (κ2) is 8.99. The van der Waals surface area contributed by atoms with Crippen LogP contribution in [0.3, 0.4) is 0 Å². The van der Waals surface area contributed by atoms with Crippen LogP contribution in [0, 0.1) is 5.82 Å². The summed E-state index contributed by atoms with van der Waals surface area (Å²) in [5.41, 5.74) is 9.31. The first kappa shape index (κ1) is 21.2. The topological polar surface area (TPSA) is 106 Å². The Balaban J connectivity index is 1.61. The number of hydrogen-bond donors (Lipinski definition) is 3. The van der Waals surface area contributed by atoms with E-state index in [4.69, 9.17) is 5.73 Å². The van der Waals surface area contributed by atoms with E-state index in [2.05, 4.69) is 15.3 Å². The largest absolute Gasteiger partial charge is 0.394 e. The fourth-order valence-corrected chi connectivity index (χ4v) is 3.50. The van der Waals surface area contributed by atoms with Gasteiger partial charge in [0.05, 0.1) is 36.4 Å². The van der Waals surface area contributed by atoms with E-state index in [1.165, 1.54) is 12.1 Å². The number of anilines is 1. The van der Waals surface area contributed by atoms with E-state index >= 15 is 0 Å². The number of nitrogens with zero attached hydrogens (tertiary/aromatic N) is 3. The average molecular weight is 431 g/mol. The smallest absolute Gasteiger partial charge is 0.254 e. The van der Waals surface area contributed by atoms with Crippen molar-refractivity contribution in [2.75, 3.05) is 12.3 Å². The number of benzene rings is 2. The number of aliphatic hydroxyl groups excluding tert-OH is 1. The lowest BCUT2D eigenvalue weighted by molar-refractivity contribution is 0.0912. The van der Waals surface area contributed by atoms with Gasteiger partial charge in [-0.3, -0.25) is 4.79 Å². The third-order valence-electron chi connectivity index (χ3n) is 5.25. The van der Waals surface area contributed by atoms with Crippen molar-refractivity contribution < 1.29 is 14.3 Å². The highest BCUT2D eigenvalue weighted by Crippen LogP contribution is 2.30. The van der Waals surface area contributed by atoms with Crippen molar-refractivity contribution in [3.63, 3.8) is 0 Å². The zero-order valence-corrected chi connectivity index (χ0v) is 17.4. The number of nitrogens with two attached hydrogens (primary N) is 1. The van der Waals surface area contributed by atoms with Crippen LogP contribution < -0.4 is 11.1 Å². The number of nitrogen functional groups attached to an aromatic ring is 1. The summed E-state index contributed by atoms with van der Waals surface area (Å²) < 4.78 is 16.8. The van der Waals surface area contributed by atoms with E-state index in [9.17, 15) is 14.3 Å². The first-order chi connectivity index (χ1) is 15.5. The number of aromatic nitrogens is 3. The normalized spacial score (nSPS) is 11.8. The highest BCUT2D eigenvalue weighted by atomic mass is 19.1. The van der Waals surface area contributed by atoms with Crippen LogP contribution in [-0.4, -0.2) is 32.2 Å². The second-order valence-electron chi connectivity index (χ2n) is 7.36. The average Bonchev–Trinajstić information content (AvgIpc) is 3.24. The van der Waals surface area contributed by atoms with Gasteiger partial charge in [0.15, 0.2) is 0 Å². The van der Waals surface area contributed by atoms with Crippen molar-refractivity contribution in [1.29, 1.82) is 0 Å². The summed E-state index contributed by atoms with van der Waals surface area (Å²) in [7, 11) is 1.86. The molecule has 1 unspecified atom stereocenters. The predicted octanol–water partition coefficient (Wildman–Crippen LogP) is 3.33. The molecule has 0 fully saturated rings. The maximum absolute atomic E-state index is 14.9. The van der Waals surface area contributed by atoms with Crippen LogP contribution in [0.15, 0.2) is 73.3 Å². The number of amides is 1. The molecule has 2 aromatic heterocycles. The van der Waals surface area contributed by atoms with Gasteiger partial charge in [-0.15, -0.1) is 0 Å². The van der Waals surface area contributed by atoms with E-state index in [0.717, 1.165) is 16.8 Å². The van der Waals surface area contributed by atoms with Crippen molar-refractivity contribution in [1.82, 2.24) is 19.9 Å². The minimum Gasteiger partial charge on any atom is -0.394 e. The fraction of sp³-hybridized carbons (Fsp3) is 0.125. The molecule has 0 aliphatic heterocycles. The number of carbonyl (C=O) groups excluding carboxylic acids is 1. The van der Waals surface area contributed by atoms with Crippen molar-refractivity contribution in [2.45, 2.75) is 6.04 Å². The zero-order valence-electron chi connectivity index (χ0n) is 17.4. The van der Waals surface area contributed by atoms with Crippen LogP contribution in [0.2, 0.25) is 0 Å². The SMILES string of the molecule is Cn1cncc1-c1cnc(N)c(-c2ccc(C(=O)NC(CO)c3ccccc3)c(F)c2)c1. The number of aliphatic hydroxyl groups is 1. The van der Waals surface area contributed by atoms with Gasteiger partial charge in [-0.1, -0.05) is 36.4 Å². The van der Waals surface area contributed by atoms with E-state index in [0.29, 0.717) is 11.1 Å². The van der Waals surface area contributed by atoms with Crippen molar-refractivity contribution in [2.24, 2.45) is 7.05 Å². The molecule has 32 heavy (non-hydrogen) atoms. The Labute approximate surface area is 184 Å². The quantitative estimate of drug-likeness (QED) is 0.434. The van der Waals surface area contributed by atoms with Crippen LogP contribution >= 0.6 is 0 Å². The maximum Gasteiger partial charge on any atom is 0.254 e. The standard InChI is InChI=1S/C24H22FN5O2/c1-30-14-27-12-22(30)17-9-19(23(26)28-11-17)16-7-8-18(20(25)10-16)24(32)29-21(13-31)15-5-3-2-4-6-15/h2-12,14,21,31H,13H2,1H3,(H2,26,28)(H,29,32). The molecular formula is C24H22FN5O2. The monoisotopic (exact) mass is 431 g/mol. The zero-order chi connectivity index (χ0) is 22.7. The van der Waals surface area contributed by atoms with Crippen LogP contribution in [0.1, 0.15) is 22.0 Å². The molecule has 0 radical (unpaired) electrons. The highest BCUT2D eigenvalue weighted by Gasteiger charge is 2.19. The molecule has 162 valence electrons. The number of aryl methyl sites for hydroxylation is 1. The van der Waals surface area contributed by atoms with Gasteiger partial charge in [0.2, 0.25) is 0 Å². The van der Waals surface area contributed by atoms with Gasteiger partial charge in [0.25, 0.3) is 5.91 Å². The van der Waals surface area contributed by atoms with E-state index < -0.39 is 17.8 Å². The number of pyridine rings is 1. The molecule has 0 bridgehead atoms. The Morgan fingerprint density at radius 2 is 1.94 bits per heavy atom. The molecule has 7 nitrogen and oxygen atoms in total. The molecule has 1 atom stereocenters. The number of carbonyl (C=O) groups is 1. The lowest BCUT2D eigenvalue weighted by atomic mass is 10.0. The lowest BCUT2D eigenvalue weighted by Crippen LogP contribution is -2.31. The molecule has 4 N–H and O–H groups in total. The van der Waals surface area contributed by atoms with Crippen LogP contribution in [0.4, 0.5) is 10.2 Å². The summed E-state index contributed by atoms with van der Waals surface area (Å²) in [5.74, 6) is -1.07. The van der Waals surface area contributed by atoms with Crippen molar-refractivity contribution in [3.05, 3.63) is 90.3 Å². The minimum atomic E-state index is -0.699. The summed E-state index contributed by atoms with van der Waals surface area (Å²) in [6.07, 6.45) is 5.01. The van der Waals surface area contributed by atoms with Gasteiger partial charge < -0.3 is 20.7 Å². The molecule has 0 saturated carbocycles. The number of hydrogen-bond acceptors (Lipinski definition) is 5. The van der Waals surface area contributed by atoms with Gasteiger partial charge >= 0.3 is 0 Å². The third-order valence-corrected chi connectivity index (χ3v) is 5.25. The summed E-state index contributed by atoms with van der Waals surface area (Å²) in [5, 5.41) is 12.3. The number of halogens is 1. The van der Waals surface area contributed by atoms with Gasteiger partial charge in [-0.05, 0) is 29.3 Å². The van der Waals surface area contributed by atoms with Gasteiger partial charge in [0, 0.05) is 24.4 Å². The first-order valence-electron chi connectivity index (χ1n) is 9.96. The Kier molecular flexibility index (Phi) is 5.96. The van der Waals surface area contributed by atoms with Crippen molar-refractivity contribution >= 4 is 11.7 Å². The van der Waals surface area contributed by atoms with Crippen LogP contribution in [0.5, 0.6) is 0 Å². The summed E-state index contributed by atoms with van der Waals surface area (Å²) in [4.78, 5) is 21.0. The van der Waals surface area contributed by atoms with E-state index in [-0.39, 0.29) is 18.0 Å². The summed E-state index contributed by atoms with van der Waals surface area (Å²) >= 11 is 0. The molecule has 4 aromatic rings. The van der Waals surface area contributed by atoms with Gasteiger partial charge in [0.1, 0.15) is 11.6 Å². The molecule has 1 amide bonds. The first-order valence-corrected chi connectivity index (χ1v) is 9.96. The van der Waals surface area contributed by atoms with Gasteiger partial charge in [-0.25, -0.2) is 14.4 Å².